The number of rotatable bonds is 5. The highest BCUT2D eigenvalue weighted by molar-refractivity contribution is 5.52. The Morgan fingerprint density at radius 1 is 1.39 bits per heavy atom. The zero-order valence-corrected chi connectivity index (χ0v) is 11.9. The predicted molar refractivity (Wildman–Crippen MR) is 74.9 cm³/mol. The van der Waals surface area contributed by atoms with E-state index in [1.54, 1.807) is 7.11 Å². The molecule has 1 atom stereocenters. The highest BCUT2D eigenvalue weighted by atomic mass is 16.5. The van der Waals surface area contributed by atoms with Crippen LogP contribution in [0.1, 0.15) is 19.4 Å². The first-order chi connectivity index (χ1) is 8.49. The zero-order valence-electron chi connectivity index (χ0n) is 11.9. The molecule has 0 heterocycles. The fraction of sp³-hybridized carbons (Fsp3) is 0.533. The summed E-state index contributed by atoms with van der Waals surface area (Å²) in [4.78, 5) is 2.13. The predicted octanol–water partition coefficient (Wildman–Crippen LogP) is 3.24. The van der Waals surface area contributed by atoms with Gasteiger partial charge in [-0.3, -0.25) is 0 Å². The fourth-order valence-corrected chi connectivity index (χ4v) is 1.90. The molecular weight excluding hydrogens is 224 g/mol. The molecule has 0 radical (unpaired) electrons. The number of nitrogens with zero attached hydrogens (tertiary/aromatic N) is 2. The van der Waals surface area contributed by atoms with Gasteiger partial charge < -0.3 is 9.64 Å². The summed E-state index contributed by atoms with van der Waals surface area (Å²) in [6, 6.07) is 8.46. The molecule has 0 aliphatic carbocycles. The number of hydrogen-bond acceptors (Lipinski definition) is 3. The average molecular weight is 246 g/mol. The van der Waals surface area contributed by atoms with Gasteiger partial charge in [0, 0.05) is 19.3 Å². The normalized spacial score (nSPS) is 12.1. The van der Waals surface area contributed by atoms with Gasteiger partial charge in [0.15, 0.2) is 0 Å². The van der Waals surface area contributed by atoms with Crippen molar-refractivity contribution in [2.75, 3.05) is 25.6 Å². The lowest BCUT2D eigenvalue weighted by atomic mass is 9.97. The average Bonchev–Trinajstić information content (AvgIpc) is 2.35. The second-order valence-corrected chi connectivity index (χ2v) is 5.01. The Bertz CT molecular complexity index is 435. The standard InChI is InChI=1S/C15H22N2O/c1-11(2)13(9-16)10-17(4)14-6-7-15(18-5)12(3)8-14/h6-8,11,13H,10H2,1-5H3. The van der Waals surface area contributed by atoms with Gasteiger partial charge in [-0.15, -0.1) is 0 Å². The van der Waals surface area contributed by atoms with E-state index in [1.165, 1.54) is 0 Å². The van der Waals surface area contributed by atoms with Crippen LogP contribution >= 0.6 is 0 Å². The van der Waals surface area contributed by atoms with Crippen LogP contribution in [0.3, 0.4) is 0 Å². The molecule has 1 rings (SSSR count). The largest absolute Gasteiger partial charge is 0.496 e. The van der Waals surface area contributed by atoms with Crippen molar-refractivity contribution in [3.8, 4) is 11.8 Å². The Hall–Kier alpha value is -1.69. The Morgan fingerprint density at radius 2 is 2.06 bits per heavy atom. The van der Waals surface area contributed by atoms with Crippen LogP contribution in [0.25, 0.3) is 0 Å². The number of aryl methyl sites for hydroxylation is 1. The smallest absolute Gasteiger partial charge is 0.121 e. The monoisotopic (exact) mass is 246 g/mol. The van der Waals surface area contributed by atoms with E-state index in [9.17, 15) is 0 Å². The van der Waals surface area contributed by atoms with Gasteiger partial charge in [0.1, 0.15) is 5.75 Å². The molecule has 1 aromatic carbocycles. The highest BCUT2D eigenvalue weighted by Gasteiger charge is 2.15. The maximum atomic E-state index is 9.13. The first-order valence-corrected chi connectivity index (χ1v) is 6.25. The van der Waals surface area contributed by atoms with E-state index in [0.717, 1.165) is 23.5 Å². The van der Waals surface area contributed by atoms with Gasteiger partial charge in [-0.2, -0.15) is 5.26 Å². The Labute approximate surface area is 110 Å². The van der Waals surface area contributed by atoms with Crippen molar-refractivity contribution in [1.82, 2.24) is 0 Å². The summed E-state index contributed by atoms with van der Waals surface area (Å²) in [5.41, 5.74) is 2.23. The van der Waals surface area contributed by atoms with Gasteiger partial charge in [-0.05, 0) is 36.6 Å². The zero-order chi connectivity index (χ0) is 13.7. The van der Waals surface area contributed by atoms with Crippen molar-refractivity contribution >= 4 is 5.69 Å². The number of ether oxygens (including phenoxy) is 1. The van der Waals surface area contributed by atoms with E-state index in [0.29, 0.717) is 5.92 Å². The van der Waals surface area contributed by atoms with Gasteiger partial charge in [0.05, 0.1) is 19.1 Å². The molecule has 0 amide bonds. The third-order valence-corrected chi connectivity index (χ3v) is 3.26. The molecule has 0 fully saturated rings. The van der Waals surface area contributed by atoms with Crippen molar-refractivity contribution in [2.24, 2.45) is 11.8 Å². The molecule has 0 N–H and O–H groups in total. The van der Waals surface area contributed by atoms with E-state index >= 15 is 0 Å². The summed E-state index contributed by atoms with van der Waals surface area (Å²) in [7, 11) is 3.70. The van der Waals surface area contributed by atoms with Gasteiger partial charge in [0.2, 0.25) is 0 Å². The summed E-state index contributed by atoms with van der Waals surface area (Å²) >= 11 is 0. The molecule has 0 saturated heterocycles. The summed E-state index contributed by atoms with van der Waals surface area (Å²) < 4.78 is 5.25. The van der Waals surface area contributed by atoms with Gasteiger partial charge >= 0.3 is 0 Å². The lowest BCUT2D eigenvalue weighted by Gasteiger charge is -2.24. The quantitative estimate of drug-likeness (QED) is 0.800. The molecular formula is C15H22N2O. The van der Waals surface area contributed by atoms with E-state index in [-0.39, 0.29) is 5.92 Å². The molecule has 1 unspecified atom stereocenters. The first-order valence-electron chi connectivity index (χ1n) is 6.25. The van der Waals surface area contributed by atoms with Gasteiger partial charge in [-0.1, -0.05) is 13.8 Å². The van der Waals surface area contributed by atoms with Crippen molar-refractivity contribution in [3.63, 3.8) is 0 Å². The number of anilines is 1. The van der Waals surface area contributed by atoms with Crippen LogP contribution in [-0.2, 0) is 0 Å². The summed E-state index contributed by atoms with van der Waals surface area (Å²) in [5.74, 6) is 1.32. The Balaban J connectivity index is 2.82. The van der Waals surface area contributed by atoms with Crippen LogP contribution in [0.5, 0.6) is 5.75 Å². The van der Waals surface area contributed by atoms with Crippen LogP contribution in [0.2, 0.25) is 0 Å². The fourth-order valence-electron chi connectivity index (χ4n) is 1.90. The van der Waals surface area contributed by atoms with Crippen LogP contribution in [0.4, 0.5) is 5.69 Å². The van der Waals surface area contributed by atoms with Crippen molar-refractivity contribution in [3.05, 3.63) is 23.8 Å². The third kappa shape index (κ3) is 3.40. The first kappa shape index (κ1) is 14.4. The number of nitriles is 1. The highest BCUT2D eigenvalue weighted by Crippen LogP contribution is 2.24. The number of hydrogen-bond donors (Lipinski definition) is 0. The SMILES string of the molecule is COc1ccc(N(C)CC(C#N)C(C)C)cc1C. The van der Waals surface area contributed by atoms with E-state index in [4.69, 9.17) is 10.00 Å². The molecule has 98 valence electrons. The second kappa shape index (κ2) is 6.30. The molecule has 0 spiro atoms. The summed E-state index contributed by atoms with van der Waals surface area (Å²) in [6.45, 7) is 6.95. The third-order valence-electron chi connectivity index (χ3n) is 3.26. The topological polar surface area (TPSA) is 36.3 Å². The minimum Gasteiger partial charge on any atom is -0.496 e. The summed E-state index contributed by atoms with van der Waals surface area (Å²) in [6.07, 6.45) is 0. The molecule has 0 saturated carbocycles. The molecule has 0 aromatic heterocycles. The van der Waals surface area contributed by atoms with Crippen molar-refractivity contribution in [1.29, 1.82) is 5.26 Å². The second-order valence-electron chi connectivity index (χ2n) is 5.01. The van der Waals surface area contributed by atoms with Crippen LogP contribution in [0.15, 0.2) is 18.2 Å². The molecule has 0 aliphatic heterocycles. The number of benzene rings is 1. The molecule has 0 aliphatic rings. The maximum absolute atomic E-state index is 9.13. The molecule has 1 aromatic rings. The minimum atomic E-state index is 0.0532. The van der Waals surface area contributed by atoms with Crippen molar-refractivity contribution < 1.29 is 4.74 Å². The van der Waals surface area contributed by atoms with E-state index in [1.807, 2.05) is 26.1 Å². The lowest BCUT2D eigenvalue weighted by Crippen LogP contribution is -2.27. The lowest BCUT2D eigenvalue weighted by molar-refractivity contribution is 0.411. The summed E-state index contributed by atoms with van der Waals surface area (Å²) in [5, 5.41) is 9.13. The molecule has 3 nitrogen and oxygen atoms in total. The molecule has 0 bridgehead atoms. The van der Waals surface area contributed by atoms with E-state index in [2.05, 4.69) is 30.9 Å². The Morgan fingerprint density at radius 3 is 2.50 bits per heavy atom. The Kier molecular flexibility index (Phi) is 5.03. The van der Waals surface area contributed by atoms with Crippen molar-refractivity contribution in [2.45, 2.75) is 20.8 Å². The van der Waals surface area contributed by atoms with Crippen LogP contribution < -0.4 is 9.64 Å². The number of methoxy groups -OCH3 is 1. The van der Waals surface area contributed by atoms with E-state index < -0.39 is 0 Å². The molecule has 3 heteroatoms. The van der Waals surface area contributed by atoms with Gasteiger partial charge in [-0.25, -0.2) is 0 Å². The van der Waals surface area contributed by atoms with Crippen LogP contribution in [0, 0.1) is 30.1 Å². The van der Waals surface area contributed by atoms with Gasteiger partial charge in [0.25, 0.3) is 0 Å². The maximum Gasteiger partial charge on any atom is 0.121 e. The minimum absolute atomic E-state index is 0.0532. The molecule has 18 heavy (non-hydrogen) atoms. The van der Waals surface area contributed by atoms with Crippen LogP contribution in [-0.4, -0.2) is 20.7 Å².